The summed E-state index contributed by atoms with van der Waals surface area (Å²) in [7, 11) is 0. The molecule has 0 spiro atoms. The zero-order chi connectivity index (χ0) is 13.9. The van der Waals surface area contributed by atoms with Crippen LogP contribution in [0, 0.1) is 5.92 Å². The average Bonchev–Trinajstić information content (AvgIpc) is 2.37. The molecular weight excluding hydrogens is 281 g/mol. The lowest BCUT2D eigenvalue weighted by atomic mass is 10.0. The van der Waals surface area contributed by atoms with E-state index >= 15 is 0 Å². The largest absolute Gasteiger partial charge is 0.476 e. The van der Waals surface area contributed by atoms with Gasteiger partial charge in [-0.15, -0.1) is 0 Å². The van der Waals surface area contributed by atoms with E-state index in [2.05, 4.69) is 10.3 Å². The topological polar surface area (TPSA) is 34.1 Å². The Hall–Kier alpha value is -1.01. The molecule has 0 bridgehead atoms. The molecule has 1 unspecified atom stereocenters. The first kappa shape index (κ1) is 14.4. The van der Waals surface area contributed by atoms with Gasteiger partial charge >= 0.3 is 6.18 Å². The zero-order valence-electron chi connectivity index (χ0n) is 10.1. The summed E-state index contributed by atoms with van der Waals surface area (Å²) in [4.78, 5) is 3.63. The molecule has 0 amide bonds. The number of ether oxygens (including phenoxy) is 1. The standard InChI is InChI=1S/C12H14ClF3N2O/c13-10-4-9(12(14,15)16)6-18-11(10)19-7-8-2-1-3-17-5-8/h4,6,8,17H,1-3,5,7H2. The smallest absolute Gasteiger partial charge is 0.417 e. The van der Waals surface area contributed by atoms with E-state index in [1.807, 2.05) is 0 Å². The molecule has 19 heavy (non-hydrogen) atoms. The van der Waals surface area contributed by atoms with Crippen molar-refractivity contribution < 1.29 is 17.9 Å². The molecule has 106 valence electrons. The van der Waals surface area contributed by atoms with Gasteiger partial charge < -0.3 is 10.1 Å². The maximum absolute atomic E-state index is 12.4. The van der Waals surface area contributed by atoms with Gasteiger partial charge in [0, 0.05) is 18.7 Å². The van der Waals surface area contributed by atoms with Crippen LogP contribution in [0.2, 0.25) is 5.02 Å². The van der Waals surface area contributed by atoms with Crippen LogP contribution in [0.1, 0.15) is 18.4 Å². The fraction of sp³-hybridized carbons (Fsp3) is 0.583. The van der Waals surface area contributed by atoms with Crippen molar-refractivity contribution in [3.63, 3.8) is 0 Å². The molecule has 7 heteroatoms. The lowest BCUT2D eigenvalue weighted by Crippen LogP contribution is -2.33. The second kappa shape index (κ2) is 5.96. The van der Waals surface area contributed by atoms with E-state index in [1.165, 1.54) is 0 Å². The molecule has 1 saturated heterocycles. The SMILES string of the molecule is FC(F)(F)c1cnc(OCC2CCCNC2)c(Cl)c1. The summed E-state index contributed by atoms with van der Waals surface area (Å²) in [6, 6.07) is 0.836. The van der Waals surface area contributed by atoms with Crippen molar-refractivity contribution in [2.75, 3.05) is 19.7 Å². The van der Waals surface area contributed by atoms with Crippen LogP contribution in [0.3, 0.4) is 0 Å². The third-order valence-corrected chi connectivity index (χ3v) is 3.26. The van der Waals surface area contributed by atoms with Gasteiger partial charge in [-0.2, -0.15) is 13.2 Å². The van der Waals surface area contributed by atoms with E-state index < -0.39 is 11.7 Å². The quantitative estimate of drug-likeness (QED) is 0.930. The van der Waals surface area contributed by atoms with Crippen LogP contribution in [0.4, 0.5) is 13.2 Å². The fourth-order valence-electron chi connectivity index (χ4n) is 1.95. The minimum absolute atomic E-state index is 0.0558. The van der Waals surface area contributed by atoms with Crippen molar-refractivity contribution in [2.45, 2.75) is 19.0 Å². The summed E-state index contributed by atoms with van der Waals surface area (Å²) >= 11 is 5.75. The van der Waals surface area contributed by atoms with E-state index in [0.29, 0.717) is 12.5 Å². The lowest BCUT2D eigenvalue weighted by molar-refractivity contribution is -0.137. The van der Waals surface area contributed by atoms with Crippen LogP contribution in [0.5, 0.6) is 5.88 Å². The second-order valence-electron chi connectivity index (χ2n) is 4.53. The summed E-state index contributed by atoms with van der Waals surface area (Å²) < 4.78 is 42.7. The zero-order valence-corrected chi connectivity index (χ0v) is 10.9. The first-order valence-corrected chi connectivity index (χ1v) is 6.41. The summed E-state index contributed by atoms with van der Waals surface area (Å²) in [6.07, 6.45) is -1.60. The van der Waals surface area contributed by atoms with Crippen molar-refractivity contribution in [1.82, 2.24) is 10.3 Å². The van der Waals surface area contributed by atoms with Gasteiger partial charge in [0.25, 0.3) is 0 Å². The summed E-state index contributed by atoms with van der Waals surface area (Å²) in [5, 5.41) is 3.12. The van der Waals surface area contributed by atoms with Gasteiger partial charge in [-0.05, 0) is 25.5 Å². The highest BCUT2D eigenvalue weighted by molar-refractivity contribution is 6.31. The second-order valence-corrected chi connectivity index (χ2v) is 4.94. The minimum atomic E-state index is -4.44. The summed E-state index contributed by atoms with van der Waals surface area (Å²) in [5.41, 5.74) is -0.871. The fourth-order valence-corrected chi connectivity index (χ4v) is 2.17. The van der Waals surface area contributed by atoms with Crippen molar-refractivity contribution in [3.8, 4) is 5.88 Å². The predicted molar refractivity (Wildman–Crippen MR) is 65.3 cm³/mol. The van der Waals surface area contributed by atoms with E-state index in [4.69, 9.17) is 16.3 Å². The maximum atomic E-state index is 12.4. The van der Waals surface area contributed by atoms with Gasteiger partial charge in [0.2, 0.25) is 5.88 Å². The first-order chi connectivity index (χ1) is 8.97. The average molecular weight is 295 g/mol. The number of aromatic nitrogens is 1. The number of nitrogens with one attached hydrogen (secondary N) is 1. The normalized spacial score (nSPS) is 20.3. The van der Waals surface area contributed by atoms with Gasteiger partial charge in [-0.1, -0.05) is 11.6 Å². The molecule has 0 aromatic carbocycles. The number of pyridine rings is 1. The Bertz CT molecular complexity index is 433. The molecule has 1 aromatic heterocycles. The number of rotatable bonds is 3. The summed E-state index contributed by atoms with van der Waals surface area (Å²) in [6.45, 7) is 2.25. The van der Waals surface area contributed by atoms with Crippen LogP contribution >= 0.6 is 11.6 Å². The molecule has 1 atom stereocenters. The van der Waals surface area contributed by atoms with Crippen LogP contribution in [0.25, 0.3) is 0 Å². The highest BCUT2D eigenvalue weighted by Crippen LogP contribution is 2.33. The van der Waals surface area contributed by atoms with Gasteiger partial charge in [-0.25, -0.2) is 4.98 Å². The molecule has 1 N–H and O–H groups in total. The van der Waals surface area contributed by atoms with Crippen molar-refractivity contribution in [1.29, 1.82) is 0 Å². The monoisotopic (exact) mass is 294 g/mol. The molecular formula is C12H14ClF3N2O. The van der Waals surface area contributed by atoms with Crippen LogP contribution in [-0.4, -0.2) is 24.7 Å². The molecule has 1 aliphatic rings. The first-order valence-electron chi connectivity index (χ1n) is 6.03. The Morgan fingerprint density at radius 2 is 2.26 bits per heavy atom. The lowest BCUT2D eigenvalue weighted by Gasteiger charge is -2.22. The summed E-state index contributed by atoms with van der Waals surface area (Å²) in [5.74, 6) is 0.397. The molecule has 2 rings (SSSR count). The molecule has 2 heterocycles. The molecule has 1 aromatic rings. The number of hydrogen-bond donors (Lipinski definition) is 1. The number of piperidine rings is 1. The Labute approximate surface area is 114 Å². The Morgan fingerprint density at radius 1 is 1.47 bits per heavy atom. The van der Waals surface area contributed by atoms with Gasteiger partial charge in [-0.3, -0.25) is 0 Å². The third kappa shape index (κ3) is 3.98. The highest BCUT2D eigenvalue weighted by Gasteiger charge is 2.31. The van der Waals surface area contributed by atoms with E-state index in [9.17, 15) is 13.2 Å². The van der Waals surface area contributed by atoms with Crippen molar-refractivity contribution in [3.05, 3.63) is 22.8 Å². The third-order valence-electron chi connectivity index (χ3n) is 2.99. The molecule has 1 aliphatic heterocycles. The van der Waals surface area contributed by atoms with Crippen LogP contribution in [-0.2, 0) is 6.18 Å². The van der Waals surface area contributed by atoms with Gasteiger partial charge in [0.15, 0.2) is 0 Å². The Morgan fingerprint density at radius 3 is 2.84 bits per heavy atom. The van der Waals surface area contributed by atoms with E-state index in [0.717, 1.165) is 38.2 Å². The maximum Gasteiger partial charge on any atom is 0.417 e. The number of nitrogens with zero attached hydrogens (tertiary/aromatic N) is 1. The molecule has 1 fully saturated rings. The Kier molecular flexibility index (Phi) is 4.52. The highest BCUT2D eigenvalue weighted by atomic mass is 35.5. The van der Waals surface area contributed by atoms with Gasteiger partial charge in [0.05, 0.1) is 12.2 Å². The van der Waals surface area contributed by atoms with Crippen LogP contribution < -0.4 is 10.1 Å². The molecule has 3 nitrogen and oxygen atoms in total. The number of alkyl halides is 3. The minimum Gasteiger partial charge on any atom is -0.476 e. The van der Waals surface area contributed by atoms with E-state index in [1.54, 1.807) is 0 Å². The number of hydrogen-bond acceptors (Lipinski definition) is 3. The van der Waals surface area contributed by atoms with Crippen molar-refractivity contribution >= 4 is 11.6 Å². The predicted octanol–water partition coefficient (Wildman–Crippen LogP) is 3.13. The molecule has 0 saturated carbocycles. The van der Waals surface area contributed by atoms with Crippen LogP contribution in [0.15, 0.2) is 12.3 Å². The van der Waals surface area contributed by atoms with E-state index in [-0.39, 0.29) is 10.9 Å². The molecule has 0 radical (unpaired) electrons. The Balaban J connectivity index is 1.97. The van der Waals surface area contributed by atoms with Gasteiger partial charge in [0.1, 0.15) is 5.02 Å². The molecule has 0 aliphatic carbocycles. The van der Waals surface area contributed by atoms with Crippen molar-refractivity contribution in [2.24, 2.45) is 5.92 Å². The number of halogens is 4.